The molecule has 0 saturated heterocycles. The maximum absolute atomic E-state index is 11.7. The molecule has 1 aliphatic carbocycles. The highest BCUT2D eigenvalue weighted by atomic mass is 32.2. The summed E-state index contributed by atoms with van der Waals surface area (Å²) >= 11 is 0. The molecule has 15 heavy (non-hydrogen) atoms. The van der Waals surface area contributed by atoms with Gasteiger partial charge in [0.2, 0.25) is 0 Å². The van der Waals surface area contributed by atoms with E-state index in [1.54, 1.807) is 6.92 Å². The first kappa shape index (κ1) is 12.7. The first-order chi connectivity index (χ1) is 6.91. The Morgan fingerprint density at radius 2 is 2.27 bits per heavy atom. The minimum Gasteiger partial charge on any atom is -0.395 e. The van der Waals surface area contributed by atoms with E-state index in [1.165, 1.54) is 0 Å². The Labute approximate surface area is 91.1 Å². The molecule has 4 nitrogen and oxygen atoms in total. The molecule has 0 aromatic heterocycles. The van der Waals surface area contributed by atoms with Crippen molar-refractivity contribution in [3.63, 3.8) is 0 Å². The van der Waals surface area contributed by atoms with Gasteiger partial charge in [0, 0.05) is 17.7 Å². The molecule has 1 aliphatic rings. The molecule has 1 fully saturated rings. The second kappa shape index (κ2) is 4.23. The summed E-state index contributed by atoms with van der Waals surface area (Å²) in [6.07, 6.45) is 0.850. The van der Waals surface area contributed by atoms with Crippen LogP contribution in [-0.4, -0.2) is 37.7 Å². The van der Waals surface area contributed by atoms with Crippen LogP contribution in [0.2, 0.25) is 0 Å². The van der Waals surface area contributed by atoms with E-state index < -0.39 is 20.5 Å². The van der Waals surface area contributed by atoms with Crippen molar-refractivity contribution in [1.82, 2.24) is 0 Å². The van der Waals surface area contributed by atoms with Crippen molar-refractivity contribution in [2.75, 3.05) is 18.9 Å². The van der Waals surface area contributed by atoms with Crippen molar-refractivity contribution < 1.29 is 13.5 Å². The minimum absolute atomic E-state index is 0.113. The van der Waals surface area contributed by atoms with Crippen LogP contribution in [0.5, 0.6) is 0 Å². The largest absolute Gasteiger partial charge is 0.395 e. The lowest BCUT2D eigenvalue weighted by atomic mass is 9.84. The van der Waals surface area contributed by atoms with Crippen molar-refractivity contribution in [2.45, 2.75) is 25.0 Å². The van der Waals surface area contributed by atoms with Crippen LogP contribution in [0, 0.1) is 5.41 Å². The SMILES string of the molecule is C=C1CC(S(=O)(=O)CC)CC1(CN)CO. The van der Waals surface area contributed by atoms with E-state index in [4.69, 9.17) is 5.73 Å². The van der Waals surface area contributed by atoms with Gasteiger partial charge in [-0.05, 0) is 12.8 Å². The highest BCUT2D eigenvalue weighted by Gasteiger charge is 2.45. The zero-order valence-electron chi connectivity index (χ0n) is 9.07. The number of aliphatic hydroxyl groups is 1. The standard InChI is InChI=1S/C10H19NO3S/c1-3-15(13,14)9-4-8(2)10(5-9,6-11)7-12/h9,12H,2-7,11H2,1H3. The monoisotopic (exact) mass is 233 g/mol. The number of nitrogens with two attached hydrogens (primary N) is 1. The zero-order valence-corrected chi connectivity index (χ0v) is 9.89. The van der Waals surface area contributed by atoms with Gasteiger partial charge in [0.15, 0.2) is 9.84 Å². The zero-order chi connectivity index (χ0) is 11.7. The van der Waals surface area contributed by atoms with Crippen LogP contribution in [0.25, 0.3) is 0 Å². The van der Waals surface area contributed by atoms with Crippen LogP contribution < -0.4 is 5.73 Å². The average molecular weight is 233 g/mol. The van der Waals surface area contributed by atoms with Crippen molar-refractivity contribution in [1.29, 1.82) is 0 Å². The molecule has 0 amide bonds. The molecule has 0 bridgehead atoms. The lowest BCUT2D eigenvalue weighted by molar-refractivity contribution is 0.170. The Kier molecular flexibility index (Phi) is 3.58. The van der Waals surface area contributed by atoms with Gasteiger partial charge >= 0.3 is 0 Å². The molecule has 1 rings (SSSR count). The molecule has 0 aromatic carbocycles. The van der Waals surface area contributed by atoms with E-state index in [1.807, 2.05) is 0 Å². The van der Waals surface area contributed by atoms with Crippen LogP contribution in [0.1, 0.15) is 19.8 Å². The highest BCUT2D eigenvalue weighted by Crippen LogP contribution is 2.43. The number of hydrogen-bond donors (Lipinski definition) is 2. The van der Waals surface area contributed by atoms with Gasteiger partial charge in [-0.3, -0.25) is 0 Å². The van der Waals surface area contributed by atoms with E-state index >= 15 is 0 Å². The van der Waals surface area contributed by atoms with Gasteiger partial charge in [0.1, 0.15) is 0 Å². The molecule has 0 radical (unpaired) electrons. The summed E-state index contributed by atoms with van der Waals surface area (Å²) in [5, 5.41) is 8.90. The lowest BCUT2D eigenvalue weighted by Gasteiger charge is -2.26. The molecule has 0 aliphatic heterocycles. The molecule has 0 aromatic rings. The average Bonchev–Trinajstić information content (AvgIpc) is 2.57. The van der Waals surface area contributed by atoms with Gasteiger partial charge in [-0.15, -0.1) is 0 Å². The Bertz CT molecular complexity index is 344. The van der Waals surface area contributed by atoms with Gasteiger partial charge < -0.3 is 10.8 Å². The third-order valence-corrected chi connectivity index (χ3v) is 5.60. The lowest BCUT2D eigenvalue weighted by Crippen LogP contribution is -2.34. The van der Waals surface area contributed by atoms with E-state index in [0.717, 1.165) is 5.57 Å². The molecular formula is C10H19NO3S. The van der Waals surface area contributed by atoms with Crippen LogP contribution in [0.15, 0.2) is 12.2 Å². The van der Waals surface area contributed by atoms with Gasteiger partial charge in [-0.25, -0.2) is 8.42 Å². The Morgan fingerprint density at radius 3 is 2.60 bits per heavy atom. The van der Waals surface area contributed by atoms with Crippen molar-refractivity contribution >= 4 is 9.84 Å². The fourth-order valence-corrected chi connectivity index (χ4v) is 3.60. The third-order valence-electron chi connectivity index (χ3n) is 3.45. The van der Waals surface area contributed by atoms with Crippen molar-refractivity contribution in [2.24, 2.45) is 11.1 Å². The number of aliphatic hydroxyl groups excluding tert-OH is 1. The summed E-state index contributed by atoms with van der Waals surface area (Å²) in [4.78, 5) is 0. The molecular weight excluding hydrogens is 214 g/mol. The smallest absolute Gasteiger partial charge is 0.153 e. The predicted octanol–water partition coefficient (Wildman–Crippen LogP) is 0.0771. The summed E-state index contributed by atoms with van der Waals surface area (Å²) in [6, 6.07) is 0. The molecule has 88 valence electrons. The topological polar surface area (TPSA) is 80.4 Å². The molecule has 2 unspecified atom stereocenters. The second-order valence-electron chi connectivity index (χ2n) is 4.23. The maximum Gasteiger partial charge on any atom is 0.153 e. The first-order valence-corrected chi connectivity index (χ1v) is 6.84. The van der Waals surface area contributed by atoms with Gasteiger partial charge in [-0.2, -0.15) is 0 Å². The minimum atomic E-state index is -3.05. The first-order valence-electron chi connectivity index (χ1n) is 5.12. The molecule has 0 spiro atoms. The van der Waals surface area contributed by atoms with Crippen LogP contribution in [0.4, 0.5) is 0 Å². The Hall–Kier alpha value is -0.390. The molecule has 2 atom stereocenters. The Morgan fingerprint density at radius 1 is 1.67 bits per heavy atom. The summed E-state index contributed by atoms with van der Waals surface area (Å²) in [5.74, 6) is 0.136. The highest BCUT2D eigenvalue weighted by molar-refractivity contribution is 7.92. The molecule has 3 N–H and O–H groups in total. The quantitative estimate of drug-likeness (QED) is 0.674. The van der Waals surface area contributed by atoms with E-state index in [-0.39, 0.29) is 18.9 Å². The van der Waals surface area contributed by atoms with E-state index in [9.17, 15) is 13.5 Å². The van der Waals surface area contributed by atoms with Gasteiger partial charge in [0.05, 0.1) is 11.9 Å². The molecule has 0 heterocycles. The van der Waals surface area contributed by atoms with Crippen molar-refractivity contribution in [3.8, 4) is 0 Å². The second-order valence-corrected chi connectivity index (χ2v) is 6.80. The fourth-order valence-electron chi connectivity index (χ4n) is 2.10. The molecule has 1 saturated carbocycles. The van der Waals surface area contributed by atoms with Crippen LogP contribution in [0.3, 0.4) is 0 Å². The van der Waals surface area contributed by atoms with Crippen LogP contribution in [-0.2, 0) is 9.84 Å². The number of rotatable bonds is 4. The van der Waals surface area contributed by atoms with Gasteiger partial charge in [-0.1, -0.05) is 19.1 Å². The predicted molar refractivity (Wildman–Crippen MR) is 60.2 cm³/mol. The van der Waals surface area contributed by atoms with E-state index in [0.29, 0.717) is 12.8 Å². The molecule has 5 heteroatoms. The van der Waals surface area contributed by atoms with Gasteiger partial charge in [0.25, 0.3) is 0 Å². The van der Waals surface area contributed by atoms with E-state index in [2.05, 4.69) is 6.58 Å². The number of sulfone groups is 1. The fraction of sp³-hybridized carbons (Fsp3) is 0.800. The summed E-state index contributed by atoms with van der Waals surface area (Å²) in [6.45, 7) is 5.63. The number of hydrogen-bond acceptors (Lipinski definition) is 4. The maximum atomic E-state index is 11.7. The normalized spacial score (nSPS) is 32.2. The third kappa shape index (κ3) is 2.09. The Balaban J connectivity index is 2.94. The van der Waals surface area contributed by atoms with Crippen molar-refractivity contribution in [3.05, 3.63) is 12.2 Å². The van der Waals surface area contributed by atoms with Crippen LogP contribution >= 0.6 is 0 Å². The summed E-state index contributed by atoms with van der Waals surface area (Å²) in [5.41, 5.74) is 5.80. The summed E-state index contributed by atoms with van der Waals surface area (Å²) in [7, 11) is -3.05. The summed E-state index contributed by atoms with van der Waals surface area (Å²) < 4.78 is 23.4.